The molecule has 5 unspecified atom stereocenters. The number of pyridine rings is 1. The Labute approximate surface area is 117 Å². The fourth-order valence-electron chi connectivity index (χ4n) is 4.91. The molecule has 2 bridgehead atoms. The summed E-state index contributed by atoms with van der Waals surface area (Å²) in [5.41, 5.74) is 1.19. The van der Waals surface area contributed by atoms with Gasteiger partial charge in [0.25, 0.3) is 0 Å². The lowest BCUT2D eigenvalue weighted by Gasteiger charge is -2.32. The van der Waals surface area contributed by atoms with Crippen LogP contribution >= 0.6 is 15.9 Å². The standard InChI is InChI=1S/C15H19BrN2/c16-15-5-4-10(8-17-15)18-14-7-9-6-13(14)12-3-1-2-11(9)12/h4-5,8-9,11-14,18H,1-3,6-7H2. The maximum Gasteiger partial charge on any atom is 0.106 e. The fraction of sp³-hybridized carbons (Fsp3) is 0.667. The molecule has 1 heterocycles. The molecule has 3 fully saturated rings. The molecule has 0 amide bonds. The number of halogens is 1. The SMILES string of the molecule is Brc1ccc(NC2CC3CC2C2CCCC32)cn1. The number of rotatable bonds is 2. The van der Waals surface area contributed by atoms with Gasteiger partial charge in [-0.1, -0.05) is 6.42 Å². The monoisotopic (exact) mass is 306 g/mol. The van der Waals surface area contributed by atoms with Crippen molar-refractivity contribution in [1.29, 1.82) is 0 Å². The summed E-state index contributed by atoms with van der Waals surface area (Å²) in [6.07, 6.45) is 9.30. The third kappa shape index (κ3) is 1.70. The van der Waals surface area contributed by atoms with Crippen LogP contribution in [-0.2, 0) is 0 Å². The molecule has 1 N–H and O–H groups in total. The number of fused-ring (bicyclic) bond motifs is 5. The molecule has 1 aromatic heterocycles. The molecule has 2 nitrogen and oxygen atoms in total. The molecule has 3 aliphatic rings. The predicted octanol–water partition coefficient (Wildman–Crippen LogP) is 4.08. The van der Waals surface area contributed by atoms with E-state index in [2.05, 4.69) is 32.3 Å². The Bertz CT molecular complexity index is 444. The third-order valence-corrected chi connectivity index (χ3v) is 5.98. The summed E-state index contributed by atoms with van der Waals surface area (Å²) in [5, 5.41) is 3.73. The predicted molar refractivity (Wildman–Crippen MR) is 76.4 cm³/mol. The minimum Gasteiger partial charge on any atom is -0.381 e. The van der Waals surface area contributed by atoms with Gasteiger partial charge in [-0.05, 0) is 77.4 Å². The summed E-state index contributed by atoms with van der Waals surface area (Å²) in [4.78, 5) is 4.30. The topological polar surface area (TPSA) is 24.9 Å². The maximum absolute atomic E-state index is 4.30. The van der Waals surface area contributed by atoms with Gasteiger partial charge in [0.05, 0.1) is 11.9 Å². The lowest BCUT2D eigenvalue weighted by atomic mass is 9.79. The van der Waals surface area contributed by atoms with Gasteiger partial charge in [-0.15, -0.1) is 0 Å². The van der Waals surface area contributed by atoms with Crippen LogP contribution in [0.3, 0.4) is 0 Å². The van der Waals surface area contributed by atoms with E-state index in [0.29, 0.717) is 6.04 Å². The van der Waals surface area contributed by atoms with E-state index in [0.717, 1.165) is 28.3 Å². The Morgan fingerprint density at radius 3 is 2.83 bits per heavy atom. The number of hydrogen-bond acceptors (Lipinski definition) is 2. The number of nitrogens with one attached hydrogen (secondary N) is 1. The highest BCUT2D eigenvalue weighted by Gasteiger charge is 2.53. The molecule has 1 aromatic rings. The Balaban J connectivity index is 1.49. The second-order valence-electron chi connectivity index (χ2n) is 6.27. The highest BCUT2D eigenvalue weighted by molar-refractivity contribution is 9.10. The van der Waals surface area contributed by atoms with Crippen molar-refractivity contribution in [2.45, 2.75) is 38.1 Å². The van der Waals surface area contributed by atoms with E-state index in [-0.39, 0.29) is 0 Å². The van der Waals surface area contributed by atoms with Gasteiger partial charge >= 0.3 is 0 Å². The number of aromatic nitrogens is 1. The molecule has 0 radical (unpaired) electrons. The molecule has 3 saturated carbocycles. The van der Waals surface area contributed by atoms with Gasteiger partial charge in [0, 0.05) is 6.04 Å². The molecular weight excluding hydrogens is 288 g/mol. The van der Waals surface area contributed by atoms with Crippen LogP contribution in [0.15, 0.2) is 22.9 Å². The molecule has 4 rings (SSSR count). The van der Waals surface area contributed by atoms with Crippen molar-refractivity contribution in [3.05, 3.63) is 22.9 Å². The average Bonchev–Trinajstić information content (AvgIpc) is 3.03. The normalized spacial score (nSPS) is 41.1. The molecule has 3 heteroatoms. The van der Waals surface area contributed by atoms with Crippen LogP contribution in [0.2, 0.25) is 0 Å². The van der Waals surface area contributed by atoms with Crippen molar-refractivity contribution < 1.29 is 0 Å². The van der Waals surface area contributed by atoms with Crippen LogP contribution in [0.5, 0.6) is 0 Å². The zero-order valence-corrected chi connectivity index (χ0v) is 12.1. The summed E-state index contributed by atoms with van der Waals surface area (Å²) in [5.74, 6) is 4.07. The van der Waals surface area contributed by atoms with Crippen LogP contribution in [0.4, 0.5) is 5.69 Å². The first kappa shape index (κ1) is 11.3. The molecule has 0 aliphatic heterocycles. The fourth-order valence-corrected chi connectivity index (χ4v) is 5.14. The van der Waals surface area contributed by atoms with Gasteiger partial charge in [0.1, 0.15) is 4.60 Å². The van der Waals surface area contributed by atoms with Crippen LogP contribution in [0.1, 0.15) is 32.1 Å². The van der Waals surface area contributed by atoms with Crippen LogP contribution in [-0.4, -0.2) is 11.0 Å². The first-order valence-electron chi connectivity index (χ1n) is 7.19. The number of hydrogen-bond donors (Lipinski definition) is 1. The summed E-state index contributed by atoms with van der Waals surface area (Å²) < 4.78 is 0.914. The molecule has 3 aliphatic carbocycles. The van der Waals surface area contributed by atoms with Gasteiger partial charge in [0.2, 0.25) is 0 Å². The van der Waals surface area contributed by atoms with Gasteiger partial charge < -0.3 is 5.32 Å². The van der Waals surface area contributed by atoms with Crippen molar-refractivity contribution in [3.63, 3.8) is 0 Å². The highest BCUT2D eigenvalue weighted by atomic mass is 79.9. The van der Waals surface area contributed by atoms with Crippen molar-refractivity contribution >= 4 is 21.6 Å². The highest BCUT2D eigenvalue weighted by Crippen LogP contribution is 2.59. The van der Waals surface area contributed by atoms with Gasteiger partial charge in [-0.25, -0.2) is 4.98 Å². The third-order valence-electron chi connectivity index (χ3n) is 5.51. The van der Waals surface area contributed by atoms with Crippen molar-refractivity contribution in [2.75, 3.05) is 5.32 Å². The first-order valence-corrected chi connectivity index (χ1v) is 7.98. The molecule has 0 aromatic carbocycles. The summed E-state index contributed by atoms with van der Waals surface area (Å²) in [6.45, 7) is 0. The van der Waals surface area contributed by atoms with Gasteiger partial charge in [0.15, 0.2) is 0 Å². The number of nitrogens with zero attached hydrogens (tertiary/aromatic N) is 1. The van der Waals surface area contributed by atoms with Gasteiger partial charge in [-0.3, -0.25) is 0 Å². The minimum absolute atomic E-state index is 0.706. The van der Waals surface area contributed by atoms with Gasteiger partial charge in [-0.2, -0.15) is 0 Å². The second-order valence-corrected chi connectivity index (χ2v) is 7.09. The molecule has 0 saturated heterocycles. The van der Waals surface area contributed by atoms with E-state index >= 15 is 0 Å². The zero-order valence-electron chi connectivity index (χ0n) is 10.5. The van der Waals surface area contributed by atoms with Crippen molar-refractivity contribution in [3.8, 4) is 0 Å². The molecular formula is C15H19BrN2. The van der Waals surface area contributed by atoms with E-state index in [4.69, 9.17) is 0 Å². The van der Waals surface area contributed by atoms with Crippen LogP contribution < -0.4 is 5.32 Å². The lowest BCUT2D eigenvalue weighted by molar-refractivity contribution is 0.243. The van der Waals surface area contributed by atoms with Crippen LogP contribution in [0, 0.1) is 23.7 Å². The molecule has 0 spiro atoms. The first-order chi connectivity index (χ1) is 8.81. The lowest BCUT2D eigenvalue weighted by Crippen LogP contribution is -2.33. The van der Waals surface area contributed by atoms with Crippen molar-refractivity contribution in [1.82, 2.24) is 4.98 Å². The Morgan fingerprint density at radius 1 is 1.11 bits per heavy atom. The molecule has 5 atom stereocenters. The number of anilines is 1. The van der Waals surface area contributed by atoms with Crippen molar-refractivity contribution in [2.24, 2.45) is 23.7 Å². The molecule has 96 valence electrons. The Morgan fingerprint density at radius 2 is 2.00 bits per heavy atom. The zero-order chi connectivity index (χ0) is 12.1. The van der Waals surface area contributed by atoms with E-state index < -0.39 is 0 Å². The van der Waals surface area contributed by atoms with Crippen LogP contribution in [0.25, 0.3) is 0 Å². The minimum atomic E-state index is 0.706. The van der Waals surface area contributed by atoms with E-state index in [1.165, 1.54) is 37.8 Å². The second kappa shape index (κ2) is 4.22. The van der Waals surface area contributed by atoms with E-state index in [1.54, 1.807) is 0 Å². The summed E-state index contributed by atoms with van der Waals surface area (Å²) in [6, 6.07) is 4.86. The average molecular weight is 307 g/mol. The molecule has 18 heavy (non-hydrogen) atoms. The smallest absolute Gasteiger partial charge is 0.106 e. The van der Waals surface area contributed by atoms with E-state index in [1.807, 2.05) is 12.3 Å². The summed E-state index contributed by atoms with van der Waals surface area (Å²) in [7, 11) is 0. The summed E-state index contributed by atoms with van der Waals surface area (Å²) >= 11 is 3.39. The Hall–Kier alpha value is -0.570. The largest absolute Gasteiger partial charge is 0.381 e. The quantitative estimate of drug-likeness (QED) is 0.833. The van der Waals surface area contributed by atoms with E-state index in [9.17, 15) is 0 Å². The maximum atomic E-state index is 4.30. The Kier molecular flexibility index (Phi) is 2.65.